The summed E-state index contributed by atoms with van der Waals surface area (Å²) in [6.45, 7) is 6.80. The summed E-state index contributed by atoms with van der Waals surface area (Å²) in [5.41, 5.74) is 38.4. The Morgan fingerprint density at radius 1 is 0.145 bits per heavy atom. The van der Waals surface area contributed by atoms with Gasteiger partial charge in [-0.15, -0.1) is 0 Å². The Labute approximate surface area is 807 Å². The molecular formula is C136H98N2. The van der Waals surface area contributed by atoms with E-state index in [9.17, 15) is 0 Å². The molecule has 0 heterocycles. The molecule has 0 bridgehead atoms. The van der Waals surface area contributed by atoms with E-state index in [1.807, 2.05) is 0 Å². The summed E-state index contributed by atoms with van der Waals surface area (Å²) in [6, 6.07) is 195. The predicted octanol–water partition coefficient (Wildman–Crippen LogP) is 38.7. The maximum atomic E-state index is 2.39. The first-order chi connectivity index (χ1) is 68.2. The molecular weight excluding hydrogens is 1660 g/mol. The van der Waals surface area contributed by atoms with Gasteiger partial charge in [-0.1, -0.05) is 457 Å². The molecule has 0 N–H and O–H groups in total. The lowest BCUT2D eigenvalue weighted by molar-refractivity contribution is 0.876. The highest BCUT2D eigenvalue weighted by atomic mass is 15.1. The van der Waals surface area contributed by atoms with E-state index < -0.39 is 0 Å². The first-order valence-corrected chi connectivity index (χ1v) is 47.9. The van der Waals surface area contributed by atoms with Crippen molar-refractivity contribution in [3.63, 3.8) is 0 Å². The van der Waals surface area contributed by atoms with Crippen LogP contribution < -0.4 is 9.80 Å². The fraction of sp³-hybridized carbons (Fsp3) is 0.0294. The third kappa shape index (κ3) is 16.6. The topological polar surface area (TPSA) is 6.48 Å². The molecule has 0 atom stereocenters. The van der Waals surface area contributed by atoms with Gasteiger partial charge < -0.3 is 9.80 Å². The Kier molecular flexibility index (Phi) is 23.0. The number of fused-ring (bicyclic) bond motifs is 6. The van der Waals surface area contributed by atoms with Crippen LogP contribution in [-0.4, -0.2) is 0 Å². The lowest BCUT2D eigenvalue weighted by Crippen LogP contribution is -2.09. The van der Waals surface area contributed by atoms with Crippen molar-refractivity contribution in [2.24, 2.45) is 0 Å². The van der Waals surface area contributed by atoms with E-state index in [0.29, 0.717) is 5.92 Å². The van der Waals surface area contributed by atoms with Crippen LogP contribution in [0.3, 0.4) is 0 Å². The molecule has 0 aromatic heterocycles. The number of nitrogens with zero attached hydrogens (tertiary/aromatic N) is 2. The number of hydrogen-bond donors (Lipinski definition) is 0. The van der Waals surface area contributed by atoms with Crippen molar-refractivity contribution >= 4 is 98.8 Å². The first kappa shape index (κ1) is 84.7. The fourth-order valence-corrected chi connectivity index (χ4v) is 20.8. The molecule has 0 unspecified atom stereocenters. The maximum absolute atomic E-state index is 2.39. The minimum absolute atomic E-state index is 0.410. The average molecular weight is 1760 g/mol. The Hall–Kier alpha value is -17.6. The van der Waals surface area contributed by atoms with Gasteiger partial charge in [0.05, 0.1) is 0 Å². The number of rotatable bonds is 19. The second-order valence-corrected chi connectivity index (χ2v) is 36.3. The van der Waals surface area contributed by atoms with Crippen LogP contribution in [0.1, 0.15) is 30.9 Å². The van der Waals surface area contributed by atoms with Gasteiger partial charge in [-0.3, -0.25) is 0 Å². The third-order valence-corrected chi connectivity index (χ3v) is 27.7. The van der Waals surface area contributed by atoms with Gasteiger partial charge in [0.2, 0.25) is 0 Å². The predicted molar refractivity (Wildman–Crippen MR) is 591 cm³/mol. The number of aryl methyl sites for hydroxylation is 1. The van der Waals surface area contributed by atoms with Crippen molar-refractivity contribution in [1.82, 2.24) is 0 Å². The minimum Gasteiger partial charge on any atom is -0.311 e. The van der Waals surface area contributed by atoms with Crippen molar-refractivity contribution < 1.29 is 0 Å². The molecule has 24 rings (SSSR count). The molecule has 2 nitrogen and oxygen atoms in total. The number of hydrogen-bond acceptors (Lipinski definition) is 2. The molecule has 0 spiro atoms. The SMILES string of the molecule is CC(C)c1ccc(-c2ccc(N(c3ccc(-c4cccc5ccc(-c6ccccc6)cc45)cc3)c3ccc(-c4cccc5ccc(-c6ccccc6)cc45)cc3)cc2)c2cc(-c3ccccc3)ccc12.Cc1ccc(-c2ccc(N(c3ccc(-c4cccc5c(-c6ccccc6)cccc45)cc3)c3ccc(-c4cccc5c(-c6ccccc6)cccc45)cc3)cc2)c2cccc(-c3ccccc3)c12. The molecule has 0 saturated heterocycles. The highest BCUT2D eigenvalue weighted by molar-refractivity contribution is 6.10. The van der Waals surface area contributed by atoms with E-state index in [1.54, 1.807) is 0 Å². The third-order valence-electron chi connectivity index (χ3n) is 27.7. The quantitative estimate of drug-likeness (QED) is 0.0796. The van der Waals surface area contributed by atoms with Gasteiger partial charge in [0.25, 0.3) is 0 Å². The Morgan fingerprint density at radius 2 is 0.377 bits per heavy atom. The van der Waals surface area contributed by atoms with Crippen LogP contribution in [-0.2, 0) is 0 Å². The van der Waals surface area contributed by atoms with Crippen molar-refractivity contribution in [3.8, 4) is 134 Å². The average Bonchev–Trinajstić information content (AvgIpc) is 0.747. The highest BCUT2D eigenvalue weighted by Crippen LogP contribution is 2.48. The van der Waals surface area contributed by atoms with E-state index in [2.05, 4.69) is 564 Å². The fourth-order valence-electron chi connectivity index (χ4n) is 20.8. The lowest BCUT2D eigenvalue weighted by atomic mass is 9.89. The summed E-state index contributed by atoms with van der Waals surface area (Å²) < 4.78 is 0. The molecule has 0 aliphatic carbocycles. The molecule has 24 aromatic rings. The summed E-state index contributed by atoms with van der Waals surface area (Å²) in [5.74, 6) is 0.410. The highest BCUT2D eigenvalue weighted by Gasteiger charge is 2.23. The summed E-state index contributed by atoms with van der Waals surface area (Å²) >= 11 is 0. The van der Waals surface area contributed by atoms with Crippen molar-refractivity contribution in [3.05, 3.63) is 545 Å². The summed E-state index contributed by atoms with van der Waals surface area (Å²) in [6.07, 6.45) is 0. The van der Waals surface area contributed by atoms with E-state index in [4.69, 9.17) is 0 Å². The Morgan fingerprint density at radius 3 is 0.696 bits per heavy atom. The molecule has 0 aliphatic heterocycles. The zero-order chi connectivity index (χ0) is 92.4. The largest absolute Gasteiger partial charge is 0.311 e. The summed E-state index contributed by atoms with van der Waals surface area (Å²) in [5, 5.41) is 15.1. The molecule has 0 amide bonds. The van der Waals surface area contributed by atoms with Gasteiger partial charge in [-0.25, -0.2) is 0 Å². The molecule has 2 heteroatoms. The summed E-state index contributed by atoms with van der Waals surface area (Å²) in [4.78, 5) is 4.77. The number of benzene rings is 24. The molecule has 0 fully saturated rings. The molecule has 652 valence electrons. The van der Waals surface area contributed by atoms with E-state index in [0.717, 1.165) is 34.1 Å². The Bertz CT molecular complexity index is 8230. The molecule has 24 aromatic carbocycles. The van der Waals surface area contributed by atoms with Gasteiger partial charge in [-0.05, 0) is 313 Å². The van der Waals surface area contributed by atoms with Crippen molar-refractivity contribution in [2.75, 3.05) is 9.80 Å². The van der Waals surface area contributed by atoms with E-state index >= 15 is 0 Å². The van der Waals surface area contributed by atoms with Crippen LogP contribution in [0.25, 0.3) is 198 Å². The maximum Gasteiger partial charge on any atom is 0.0462 e. The monoisotopic (exact) mass is 1760 g/mol. The van der Waals surface area contributed by atoms with Crippen LogP contribution in [0.2, 0.25) is 0 Å². The minimum atomic E-state index is 0.410. The lowest BCUT2D eigenvalue weighted by Gasteiger charge is -2.26. The van der Waals surface area contributed by atoms with Crippen LogP contribution in [0.4, 0.5) is 34.1 Å². The van der Waals surface area contributed by atoms with Gasteiger partial charge in [0.15, 0.2) is 0 Å². The van der Waals surface area contributed by atoms with Crippen LogP contribution >= 0.6 is 0 Å². The van der Waals surface area contributed by atoms with Crippen LogP contribution in [0.15, 0.2) is 534 Å². The molecule has 138 heavy (non-hydrogen) atoms. The zero-order valence-electron chi connectivity index (χ0n) is 77.3. The van der Waals surface area contributed by atoms with Crippen molar-refractivity contribution in [2.45, 2.75) is 26.7 Å². The Balaban J connectivity index is 0.000000155. The summed E-state index contributed by atoms with van der Waals surface area (Å²) in [7, 11) is 0. The van der Waals surface area contributed by atoms with E-state index in [1.165, 1.54) is 209 Å². The van der Waals surface area contributed by atoms with E-state index in [-0.39, 0.29) is 0 Å². The first-order valence-electron chi connectivity index (χ1n) is 47.9. The standard InChI is InChI=1S/C69H51N.C67H47N/c1-47(2)62-42-43-65(69-46-58(34-41-66(62)69)50-18-10-5-11-19-50)55-32-39-61(40-33-55)70(59-35-28-53(29-36-59)63-22-12-20-51-24-26-56(44-67(51)63)48-14-6-3-7-15-48)60-37-30-54(31-38-60)64-23-13-21-52-25-27-57(45-68(52)64)49-16-8-4-9-17-49;1-46-32-45-60(66-31-15-26-61(67(46)66)49-20-9-4-10-21-49)52-37-43-55(44-38-52)68(53-39-33-50(34-40-53)58-24-13-27-62-56(22-11-29-64(58)62)47-16-5-2-6-17-47)54-41-35-51(36-42-54)59-25-14-28-63-57(23-12-30-65(59)63)48-18-7-3-8-19-48/h3-47H,1-2H3;2-45H,1H3. The molecule has 0 radical (unpaired) electrons. The number of anilines is 6. The van der Waals surface area contributed by atoms with Gasteiger partial charge in [-0.2, -0.15) is 0 Å². The van der Waals surface area contributed by atoms with Crippen molar-refractivity contribution in [1.29, 1.82) is 0 Å². The van der Waals surface area contributed by atoms with Gasteiger partial charge in [0.1, 0.15) is 0 Å². The molecule has 0 aliphatic rings. The molecule has 0 saturated carbocycles. The van der Waals surface area contributed by atoms with Crippen LogP contribution in [0.5, 0.6) is 0 Å². The second kappa shape index (κ2) is 37.5. The van der Waals surface area contributed by atoms with Crippen LogP contribution in [0, 0.1) is 6.92 Å². The normalized spacial score (nSPS) is 11.4. The van der Waals surface area contributed by atoms with Gasteiger partial charge >= 0.3 is 0 Å². The smallest absolute Gasteiger partial charge is 0.0462 e. The second-order valence-electron chi connectivity index (χ2n) is 36.3. The van der Waals surface area contributed by atoms with Gasteiger partial charge in [0, 0.05) is 34.1 Å². The zero-order valence-corrected chi connectivity index (χ0v) is 77.3.